The van der Waals surface area contributed by atoms with Gasteiger partial charge in [0.25, 0.3) is 0 Å². The molecule has 0 aliphatic carbocycles. The highest BCUT2D eigenvalue weighted by Crippen LogP contribution is 2.37. The molecule has 1 atom stereocenters. The number of hydrogen-bond acceptors (Lipinski definition) is 5. The van der Waals surface area contributed by atoms with E-state index in [4.69, 9.17) is 4.74 Å². The average Bonchev–Trinajstić information content (AvgIpc) is 2.79. The van der Waals surface area contributed by atoms with Crippen molar-refractivity contribution in [2.45, 2.75) is 18.6 Å². The van der Waals surface area contributed by atoms with Gasteiger partial charge in [-0.15, -0.1) is 0 Å². The summed E-state index contributed by atoms with van der Waals surface area (Å²) in [5.41, 5.74) is 1.25. The SMILES string of the molecule is COc1ccc(N2CCN(CC#N)[C@@H](Cc3ccccc3)C2)c2ccc(C(F)(F)F)nc12. The van der Waals surface area contributed by atoms with Crippen molar-refractivity contribution in [1.29, 1.82) is 5.26 Å². The van der Waals surface area contributed by atoms with E-state index < -0.39 is 11.9 Å². The fourth-order valence-corrected chi connectivity index (χ4v) is 4.27. The van der Waals surface area contributed by atoms with Crippen LogP contribution in [0.25, 0.3) is 10.9 Å². The van der Waals surface area contributed by atoms with Crippen molar-refractivity contribution in [2.75, 3.05) is 38.2 Å². The summed E-state index contributed by atoms with van der Waals surface area (Å²) in [6, 6.07) is 18.4. The number of rotatable bonds is 5. The van der Waals surface area contributed by atoms with Crippen LogP contribution in [0.3, 0.4) is 0 Å². The van der Waals surface area contributed by atoms with Crippen LogP contribution in [0.15, 0.2) is 54.6 Å². The van der Waals surface area contributed by atoms with Gasteiger partial charge in [-0.3, -0.25) is 4.90 Å². The molecule has 32 heavy (non-hydrogen) atoms. The molecule has 0 bridgehead atoms. The number of fused-ring (bicyclic) bond motifs is 1. The Kier molecular flexibility index (Phi) is 6.19. The summed E-state index contributed by atoms with van der Waals surface area (Å²) >= 11 is 0. The summed E-state index contributed by atoms with van der Waals surface area (Å²) in [7, 11) is 1.42. The Balaban J connectivity index is 1.69. The first-order chi connectivity index (χ1) is 15.4. The summed E-state index contributed by atoms with van der Waals surface area (Å²) in [4.78, 5) is 8.20. The van der Waals surface area contributed by atoms with E-state index in [9.17, 15) is 18.4 Å². The lowest BCUT2D eigenvalue weighted by Gasteiger charge is -2.42. The highest BCUT2D eigenvalue weighted by molar-refractivity contribution is 5.96. The van der Waals surface area contributed by atoms with Crippen molar-refractivity contribution < 1.29 is 17.9 Å². The monoisotopic (exact) mass is 440 g/mol. The Morgan fingerprint density at radius 3 is 2.56 bits per heavy atom. The fraction of sp³-hybridized carbons (Fsp3) is 0.333. The van der Waals surface area contributed by atoms with Crippen LogP contribution in [0.1, 0.15) is 11.3 Å². The summed E-state index contributed by atoms with van der Waals surface area (Å²) in [6.45, 7) is 2.34. The van der Waals surface area contributed by atoms with E-state index in [0.29, 0.717) is 37.3 Å². The first-order valence-corrected chi connectivity index (χ1v) is 10.4. The topological polar surface area (TPSA) is 52.4 Å². The van der Waals surface area contributed by atoms with Gasteiger partial charge in [0.2, 0.25) is 0 Å². The van der Waals surface area contributed by atoms with Gasteiger partial charge < -0.3 is 9.64 Å². The molecule has 0 unspecified atom stereocenters. The molecule has 0 saturated carbocycles. The Morgan fingerprint density at radius 1 is 1.09 bits per heavy atom. The molecule has 1 saturated heterocycles. The Bertz CT molecular complexity index is 1130. The van der Waals surface area contributed by atoms with Crippen LogP contribution in [-0.4, -0.2) is 49.2 Å². The smallest absolute Gasteiger partial charge is 0.433 e. The van der Waals surface area contributed by atoms with Gasteiger partial charge in [-0.25, -0.2) is 4.98 Å². The lowest BCUT2D eigenvalue weighted by atomic mass is 10.0. The van der Waals surface area contributed by atoms with Crippen molar-refractivity contribution >= 4 is 16.6 Å². The minimum Gasteiger partial charge on any atom is -0.494 e. The summed E-state index contributed by atoms with van der Waals surface area (Å²) < 4.78 is 45.0. The average molecular weight is 440 g/mol. The van der Waals surface area contributed by atoms with Crippen molar-refractivity contribution in [1.82, 2.24) is 9.88 Å². The van der Waals surface area contributed by atoms with E-state index in [0.717, 1.165) is 18.2 Å². The molecule has 8 heteroatoms. The molecule has 2 aromatic carbocycles. The van der Waals surface area contributed by atoms with Crippen LogP contribution in [0.2, 0.25) is 0 Å². The predicted octanol–water partition coefficient (Wildman–Crippen LogP) is 4.52. The van der Waals surface area contributed by atoms with Crippen molar-refractivity contribution in [3.63, 3.8) is 0 Å². The van der Waals surface area contributed by atoms with Crippen LogP contribution in [0.4, 0.5) is 18.9 Å². The molecule has 0 N–H and O–H groups in total. The maximum atomic E-state index is 13.2. The quantitative estimate of drug-likeness (QED) is 0.546. The third kappa shape index (κ3) is 4.48. The number of ether oxygens (including phenoxy) is 1. The molecule has 0 radical (unpaired) electrons. The fourth-order valence-electron chi connectivity index (χ4n) is 4.27. The summed E-state index contributed by atoms with van der Waals surface area (Å²) in [5.74, 6) is 0.304. The number of halogens is 3. The van der Waals surface area contributed by atoms with Crippen LogP contribution in [0, 0.1) is 11.3 Å². The van der Waals surface area contributed by atoms with Gasteiger partial charge >= 0.3 is 6.18 Å². The van der Waals surface area contributed by atoms with E-state index in [1.165, 1.54) is 18.7 Å². The number of pyridine rings is 1. The molecule has 0 spiro atoms. The zero-order chi connectivity index (χ0) is 22.7. The van der Waals surface area contributed by atoms with Gasteiger partial charge in [0, 0.05) is 36.7 Å². The minimum absolute atomic E-state index is 0.102. The van der Waals surface area contributed by atoms with Gasteiger partial charge in [0.15, 0.2) is 0 Å². The molecule has 2 heterocycles. The van der Waals surface area contributed by atoms with Crippen LogP contribution < -0.4 is 9.64 Å². The van der Waals surface area contributed by atoms with Crippen LogP contribution in [0.5, 0.6) is 5.75 Å². The first-order valence-electron chi connectivity index (χ1n) is 10.4. The first kappa shape index (κ1) is 21.9. The zero-order valence-electron chi connectivity index (χ0n) is 17.6. The van der Waals surface area contributed by atoms with E-state index in [1.807, 2.05) is 24.3 Å². The molecule has 1 aliphatic rings. The number of nitriles is 1. The van der Waals surface area contributed by atoms with E-state index in [2.05, 4.69) is 33.0 Å². The molecule has 0 amide bonds. The van der Waals surface area contributed by atoms with E-state index >= 15 is 0 Å². The number of hydrogen-bond donors (Lipinski definition) is 0. The van der Waals surface area contributed by atoms with Crippen LogP contribution >= 0.6 is 0 Å². The molecule has 4 rings (SSSR count). The molecule has 3 aromatic rings. The second-order valence-corrected chi connectivity index (χ2v) is 7.80. The Hall–Kier alpha value is -3.31. The summed E-state index contributed by atoms with van der Waals surface area (Å²) in [6.07, 6.45) is -3.75. The van der Waals surface area contributed by atoms with Gasteiger partial charge in [0.05, 0.1) is 19.7 Å². The third-order valence-corrected chi connectivity index (χ3v) is 5.84. The number of nitrogens with zero attached hydrogens (tertiary/aromatic N) is 4. The number of piperazine rings is 1. The highest BCUT2D eigenvalue weighted by atomic mass is 19.4. The largest absolute Gasteiger partial charge is 0.494 e. The second kappa shape index (κ2) is 9.05. The molecule has 5 nitrogen and oxygen atoms in total. The molecular weight excluding hydrogens is 417 g/mol. The number of anilines is 1. The van der Waals surface area contributed by atoms with Crippen molar-refractivity contribution in [2.24, 2.45) is 0 Å². The van der Waals surface area contributed by atoms with E-state index in [1.54, 1.807) is 6.07 Å². The normalized spacial score (nSPS) is 17.3. The Morgan fingerprint density at radius 2 is 1.88 bits per heavy atom. The van der Waals surface area contributed by atoms with Gasteiger partial charge in [0.1, 0.15) is 17.0 Å². The maximum Gasteiger partial charge on any atom is 0.433 e. The zero-order valence-corrected chi connectivity index (χ0v) is 17.6. The van der Waals surface area contributed by atoms with Crippen molar-refractivity contribution in [3.8, 4) is 11.8 Å². The number of aromatic nitrogens is 1. The maximum absolute atomic E-state index is 13.2. The molecule has 166 valence electrons. The Labute approximate surface area is 184 Å². The lowest BCUT2D eigenvalue weighted by Crippen LogP contribution is -2.54. The molecular formula is C24H23F3N4O. The van der Waals surface area contributed by atoms with E-state index in [-0.39, 0.29) is 11.6 Å². The number of benzene rings is 2. The number of methoxy groups -OCH3 is 1. The van der Waals surface area contributed by atoms with Gasteiger partial charge in [-0.05, 0) is 36.2 Å². The van der Waals surface area contributed by atoms with Crippen LogP contribution in [-0.2, 0) is 12.6 Å². The summed E-state index contributed by atoms with van der Waals surface area (Å²) in [5, 5.41) is 9.87. The minimum atomic E-state index is -4.53. The third-order valence-electron chi connectivity index (χ3n) is 5.84. The molecule has 1 aliphatic heterocycles. The van der Waals surface area contributed by atoms with Gasteiger partial charge in [-0.2, -0.15) is 18.4 Å². The molecule has 1 aromatic heterocycles. The molecule has 1 fully saturated rings. The standard InChI is InChI=1S/C24H23F3N4O/c1-32-21-9-8-20(19-7-10-22(24(25,26)27)29-23(19)21)31-14-13-30(12-11-28)18(16-31)15-17-5-3-2-4-6-17/h2-10,18H,12-16H2,1H3/t18-/m0/s1. The second-order valence-electron chi connectivity index (χ2n) is 7.80. The lowest BCUT2D eigenvalue weighted by molar-refractivity contribution is -0.140. The van der Waals surface area contributed by atoms with Crippen molar-refractivity contribution in [3.05, 3.63) is 65.9 Å². The number of alkyl halides is 3. The highest BCUT2D eigenvalue weighted by Gasteiger charge is 2.33. The predicted molar refractivity (Wildman–Crippen MR) is 117 cm³/mol. The van der Waals surface area contributed by atoms with Gasteiger partial charge in [-0.1, -0.05) is 30.3 Å².